The highest BCUT2D eigenvalue weighted by atomic mass is 16.5. The molecule has 0 saturated carbocycles. The van der Waals surface area contributed by atoms with Crippen LogP contribution < -0.4 is 0 Å². The van der Waals surface area contributed by atoms with Crippen LogP contribution in [0, 0.1) is 0 Å². The van der Waals surface area contributed by atoms with Gasteiger partial charge in [0.2, 0.25) is 11.8 Å². The Morgan fingerprint density at radius 3 is 1.14 bits per heavy atom. The van der Waals surface area contributed by atoms with Crippen molar-refractivity contribution in [1.82, 2.24) is 9.80 Å². The third-order valence-corrected chi connectivity index (χ3v) is 3.35. The Labute approximate surface area is 164 Å². The maximum absolute atomic E-state index is 11.8. The largest absolute Gasteiger partial charge is 0.371 e. The zero-order valence-electron chi connectivity index (χ0n) is 16.8. The number of carbonyl (C=O) groups is 6. The predicted molar refractivity (Wildman–Crippen MR) is 97.5 cm³/mol. The molecule has 10 heteroatoms. The van der Waals surface area contributed by atoms with Crippen molar-refractivity contribution in [3.8, 4) is 0 Å². The summed E-state index contributed by atoms with van der Waals surface area (Å²) < 4.78 is 10.2. The topological polar surface area (TPSA) is 127 Å². The lowest BCUT2D eigenvalue weighted by Gasteiger charge is -2.18. The Bertz CT molecular complexity index is 550. The molecule has 0 aliphatic carbocycles. The highest BCUT2D eigenvalue weighted by Gasteiger charge is 2.16. The van der Waals surface area contributed by atoms with Crippen LogP contribution in [0.4, 0.5) is 0 Å². The Kier molecular flexibility index (Phi) is 12.5. The Morgan fingerprint density at radius 2 is 0.893 bits per heavy atom. The third-order valence-electron chi connectivity index (χ3n) is 3.35. The molecule has 0 unspecified atom stereocenters. The molecular formula is C18H28N2O8. The van der Waals surface area contributed by atoms with Gasteiger partial charge in [0.15, 0.2) is 11.6 Å². The first-order chi connectivity index (χ1) is 13.0. The number of rotatable bonds is 15. The van der Waals surface area contributed by atoms with Gasteiger partial charge in [0.1, 0.15) is 24.8 Å². The first-order valence-electron chi connectivity index (χ1n) is 8.71. The number of hydrogen-bond donors (Lipinski definition) is 0. The van der Waals surface area contributed by atoms with Gasteiger partial charge in [0.05, 0.1) is 39.4 Å². The molecule has 0 aromatic heterocycles. The molecule has 0 aromatic rings. The van der Waals surface area contributed by atoms with Crippen molar-refractivity contribution < 1.29 is 38.2 Å². The van der Waals surface area contributed by atoms with Crippen molar-refractivity contribution in [1.29, 1.82) is 0 Å². The van der Waals surface area contributed by atoms with E-state index in [1.807, 2.05) is 0 Å². The van der Waals surface area contributed by atoms with Crippen LogP contribution in [0.25, 0.3) is 0 Å². The van der Waals surface area contributed by atoms with Gasteiger partial charge in [-0.3, -0.25) is 28.8 Å². The first kappa shape index (κ1) is 25.5. The molecule has 0 bridgehead atoms. The fraction of sp³-hybridized carbons (Fsp3) is 0.667. The number of amides is 2. The van der Waals surface area contributed by atoms with Crippen LogP contribution in [-0.2, 0) is 38.2 Å². The van der Waals surface area contributed by atoms with Crippen LogP contribution in [0.15, 0.2) is 0 Å². The first-order valence-corrected chi connectivity index (χ1v) is 8.71. The van der Waals surface area contributed by atoms with Gasteiger partial charge in [-0.1, -0.05) is 0 Å². The maximum atomic E-state index is 11.8. The Hall–Kier alpha value is -2.46. The van der Waals surface area contributed by atoms with Gasteiger partial charge in [-0.2, -0.15) is 0 Å². The second kappa shape index (κ2) is 13.7. The van der Waals surface area contributed by atoms with E-state index in [4.69, 9.17) is 9.47 Å². The van der Waals surface area contributed by atoms with Crippen LogP contribution >= 0.6 is 0 Å². The highest BCUT2D eigenvalue weighted by molar-refractivity contribution is 5.90. The third kappa shape index (κ3) is 12.8. The zero-order chi connectivity index (χ0) is 21.7. The van der Waals surface area contributed by atoms with Gasteiger partial charge in [0.25, 0.3) is 0 Å². The number of nitrogens with zero attached hydrogens (tertiary/aromatic N) is 2. The predicted octanol–water partition coefficient (Wildman–Crippen LogP) is -0.967. The van der Waals surface area contributed by atoms with E-state index in [9.17, 15) is 28.8 Å². The Morgan fingerprint density at radius 1 is 0.571 bits per heavy atom. The van der Waals surface area contributed by atoms with E-state index in [1.165, 1.54) is 27.7 Å². The molecule has 0 spiro atoms. The van der Waals surface area contributed by atoms with Gasteiger partial charge in [-0.15, -0.1) is 0 Å². The monoisotopic (exact) mass is 400 g/mol. The summed E-state index contributed by atoms with van der Waals surface area (Å²) in [6, 6.07) is 0. The average Bonchev–Trinajstić information content (AvgIpc) is 2.55. The minimum atomic E-state index is -0.380. The molecule has 0 aliphatic heterocycles. The molecule has 0 radical (unpaired) electrons. The molecule has 0 aromatic carbocycles. The van der Waals surface area contributed by atoms with Gasteiger partial charge in [0, 0.05) is 13.8 Å². The maximum Gasteiger partial charge on any atom is 0.220 e. The van der Waals surface area contributed by atoms with Crippen LogP contribution in [-0.4, -0.2) is 97.4 Å². The standard InChI is InChI=1S/C18H28N2O8/c1-13(21)7-19(15(3)23)9-17(25)11-27-5-6-28-12-18(26)10-20(16(4)24)8-14(2)22/h5-12H2,1-4H3. The number of Topliss-reactive ketones (excluding diaryl/α,β-unsaturated/α-hetero) is 4. The molecular weight excluding hydrogens is 372 g/mol. The fourth-order valence-electron chi connectivity index (χ4n) is 2.10. The normalized spacial score (nSPS) is 10.3. The molecule has 28 heavy (non-hydrogen) atoms. The molecule has 0 fully saturated rings. The molecule has 0 heterocycles. The summed E-state index contributed by atoms with van der Waals surface area (Å²) in [6.45, 7) is 4.08. The summed E-state index contributed by atoms with van der Waals surface area (Å²) in [6.07, 6.45) is 0. The lowest BCUT2D eigenvalue weighted by Crippen LogP contribution is -2.39. The van der Waals surface area contributed by atoms with E-state index >= 15 is 0 Å². The van der Waals surface area contributed by atoms with E-state index in [0.29, 0.717) is 0 Å². The second-order valence-electron chi connectivity index (χ2n) is 6.34. The van der Waals surface area contributed by atoms with Gasteiger partial charge in [-0.25, -0.2) is 0 Å². The van der Waals surface area contributed by atoms with Crippen molar-refractivity contribution in [3.05, 3.63) is 0 Å². The minimum absolute atomic E-state index is 0.0513. The van der Waals surface area contributed by atoms with Gasteiger partial charge in [-0.05, 0) is 13.8 Å². The van der Waals surface area contributed by atoms with Crippen molar-refractivity contribution in [3.63, 3.8) is 0 Å². The summed E-state index contributed by atoms with van der Waals surface area (Å²) in [5.74, 6) is -1.95. The summed E-state index contributed by atoms with van der Waals surface area (Å²) in [5.41, 5.74) is 0. The quantitative estimate of drug-likeness (QED) is 0.321. The van der Waals surface area contributed by atoms with E-state index in [2.05, 4.69) is 0 Å². The molecule has 158 valence electrons. The van der Waals surface area contributed by atoms with Gasteiger partial charge < -0.3 is 19.3 Å². The van der Waals surface area contributed by atoms with Crippen LogP contribution in [0.3, 0.4) is 0 Å². The number of carbonyl (C=O) groups excluding carboxylic acids is 6. The van der Waals surface area contributed by atoms with E-state index in [-0.39, 0.29) is 87.6 Å². The molecule has 0 aliphatic rings. The summed E-state index contributed by atoms with van der Waals surface area (Å²) in [4.78, 5) is 70.6. The van der Waals surface area contributed by atoms with Crippen molar-refractivity contribution >= 4 is 34.9 Å². The molecule has 0 saturated heterocycles. The van der Waals surface area contributed by atoms with E-state index < -0.39 is 0 Å². The lowest BCUT2D eigenvalue weighted by atomic mass is 10.3. The van der Waals surface area contributed by atoms with Gasteiger partial charge >= 0.3 is 0 Å². The SMILES string of the molecule is CC(=O)CN(CC(=O)COCCOCC(=O)CN(CC(C)=O)C(C)=O)C(C)=O. The van der Waals surface area contributed by atoms with Crippen LogP contribution in [0.5, 0.6) is 0 Å². The molecule has 2 amide bonds. The average molecular weight is 400 g/mol. The van der Waals surface area contributed by atoms with E-state index in [1.54, 1.807) is 0 Å². The smallest absolute Gasteiger partial charge is 0.220 e. The molecule has 0 atom stereocenters. The lowest BCUT2D eigenvalue weighted by molar-refractivity contribution is -0.138. The van der Waals surface area contributed by atoms with E-state index in [0.717, 1.165) is 9.80 Å². The number of ether oxygens (including phenoxy) is 2. The summed E-state index contributed by atoms with van der Waals surface area (Å²) in [5, 5.41) is 0. The van der Waals surface area contributed by atoms with Crippen LogP contribution in [0.1, 0.15) is 27.7 Å². The van der Waals surface area contributed by atoms with Crippen molar-refractivity contribution in [2.24, 2.45) is 0 Å². The molecule has 0 rings (SSSR count). The van der Waals surface area contributed by atoms with Crippen molar-refractivity contribution in [2.75, 3.05) is 52.6 Å². The minimum Gasteiger partial charge on any atom is -0.371 e. The Balaban J connectivity index is 4.01. The zero-order valence-corrected chi connectivity index (χ0v) is 16.8. The molecule has 10 nitrogen and oxygen atoms in total. The summed E-state index contributed by atoms with van der Waals surface area (Å²) >= 11 is 0. The number of hydrogen-bond acceptors (Lipinski definition) is 8. The fourth-order valence-corrected chi connectivity index (χ4v) is 2.10. The second-order valence-corrected chi connectivity index (χ2v) is 6.34. The summed E-state index contributed by atoms with van der Waals surface area (Å²) in [7, 11) is 0. The van der Waals surface area contributed by atoms with Crippen LogP contribution in [0.2, 0.25) is 0 Å². The molecule has 0 N–H and O–H groups in total. The van der Waals surface area contributed by atoms with Crippen molar-refractivity contribution in [2.45, 2.75) is 27.7 Å². The highest BCUT2D eigenvalue weighted by Crippen LogP contribution is 1.94. The number of ketones is 4.